The molecule has 0 atom stereocenters. The molecule has 0 aromatic heterocycles. The van der Waals surface area contributed by atoms with Gasteiger partial charge in [0, 0.05) is 5.69 Å². The largest absolute Gasteiger partial charge is 0.399 e. The zero-order valence-electron chi connectivity index (χ0n) is 10.2. The molecule has 0 bridgehead atoms. The van der Waals surface area contributed by atoms with Crippen LogP contribution in [0.25, 0.3) is 0 Å². The van der Waals surface area contributed by atoms with Gasteiger partial charge in [0.15, 0.2) is 11.6 Å². The molecule has 19 heavy (non-hydrogen) atoms. The fourth-order valence-electron chi connectivity index (χ4n) is 2.44. The molecule has 1 heterocycles. The standard InChI is InChI=1S/C15H13F2NO/c16-13-5-4-11(7-14(13)17)15(8-19-9-15)10-2-1-3-12(18)6-10/h1-7H,8-9,18H2. The molecule has 3 rings (SSSR count). The Hall–Kier alpha value is -1.94. The molecule has 0 amide bonds. The van der Waals surface area contributed by atoms with Gasteiger partial charge in [-0.05, 0) is 35.4 Å². The highest BCUT2D eigenvalue weighted by Gasteiger charge is 2.42. The topological polar surface area (TPSA) is 35.2 Å². The van der Waals surface area contributed by atoms with Crippen molar-refractivity contribution >= 4 is 5.69 Å². The number of rotatable bonds is 2. The highest BCUT2D eigenvalue weighted by atomic mass is 19.2. The minimum Gasteiger partial charge on any atom is -0.399 e. The summed E-state index contributed by atoms with van der Waals surface area (Å²) in [7, 11) is 0. The Morgan fingerprint density at radius 2 is 1.68 bits per heavy atom. The molecule has 0 radical (unpaired) electrons. The van der Waals surface area contributed by atoms with Crippen LogP contribution in [0.1, 0.15) is 11.1 Å². The number of benzene rings is 2. The highest BCUT2D eigenvalue weighted by Crippen LogP contribution is 2.40. The van der Waals surface area contributed by atoms with Crippen molar-refractivity contribution in [3.8, 4) is 0 Å². The van der Waals surface area contributed by atoms with Crippen molar-refractivity contribution < 1.29 is 13.5 Å². The van der Waals surface area contributed by atoms with Crippen molar-refractivity contribution in [3.63, 3.8) is 0 Å². The molecule has 1 saturated heterocycles. The SMILES string of the molecule is Nc1cccc(C2(c3ccc(F)c(F)c3)COC2)c1. The molecule has 2 N–H and O–H groups in total. The second-order valence-corrected chi connectivity index (χ2v) is 4.83. The molecular formula is C15H13F2NO. The van der Waals surface area contributed by atoms with E-state index in [2.05, 4.69) is 0 Å². The van der Waals surface area contributed by atoms with E-state index in [1.807, 2.05) is 18.2 Å². The van der Waals surface area contributed by atoms with Gasteiger partial charge in [-0.3, -0.25) is 0 Å². The summed E-state index contributed by atoms with van der Waals surface area (Å²) >= 11 is 0. The molecule has 1 aliphatic rings. The molecule has 2 aromatic carbocycles. The Morgan fingerprint density at radius 1 is 0.947 bits per heavy atom. The van der Waals surface area contributed by atoms with Gasteiger partial charge in [-0.15, -0.1) is 0 Å². The smallest absolute Gasteiger partial charge is 0.159 e. The zero-order chi connectivity index (χ0) is 13.5. The summed E-state index contributed by atoms with van der Waals surface area (Å²) in [5.74, 6) is -1.68. The Morgan fingerprint density at radius 3 is 2.26 bits per heavy atom. The minimum atomic E-state index is -0.841. The van der Waals surface area contributed by atoms with Crippen LogP contribution in [0.2, 0.25) is 0 Å². The third-order valence-corrected chi connectivity index (χ3v) is 3.61. The van der Waals surface area contributed by atoms with Gasteiger partial charge in [0.05, 0.1) is 18.6 Å². The Bertz CT molecular complexity index is 623. The molecule has 0 unspecified atom stereocenters. The molecule has 98 valence electrons. The van der Waals surface area contributed by atoms with Gasteiger partial charge in [0.1, 0.15) is 0 Å². The Kier molecular flexibility index (Phi) is 2.75. The minimum absolute atomic E-state index is 0.427. The molecule has 1 aliphatic heterocycles. The van der Waals surface area contributed by atoms with E-state index in [1.54, 1.807) is 12.1 Å². The predicted molar refractivity (Wildman–Crippen MR) is 68.8 cm³/mol. The first kappa shape index (κ1) is 12.1. The second-order valence-electron chi connectivity index (χ2n) is 4.83. The Labute approximate surface area is 109 Å². The quantitative estimate of drug-likeness (QED) is 0.844. The molecule has 0 spiro atoms. The van der Waals surface area contributed by atoms with Crippen LogP contribution in [0.4, 0.5) is 14.5 Å². The summed E-state index contributed by atoms with van der Waals surface area (Å²) in [6.07, 6.45) is 0. The van der Waals surface area contributed by atoms with Crippen LogP contribution in [0.5, 0.6) is 0 Å². The van der Waals surface area contributed by atoms with Crippen molar-refractivity contribution in [3.05, 3.63) is 65.2 Å². The van der Waals surface area contributed by atoms with Gasteiger partial charge >= 0.3 is 0 Å². The fraction of sp³-hybridized carbons (Fsp3) is 0.200. The lowest BCUT2D eigenvalue weighted by molar-refractivity contribution is -0.0381. The molecule has 2 aromatic rings. The first-order valence-corrected chi connectivity index (χ1v) is 6.01. The van der Waals surface area contributed by atoms with Crippen LogP contribution in [0.3, 0.4) is 0 Å². The van der Waals surface area contributed by atoms with E-state index in [-0.39, 0.29) is 0 Å². The van der Waals surface area contributed by atoms with Crippen LogP contribution < -0.4 is 5.73 Å². The van der Waals surface area contributed by atoms with Gasteiger partial charge in [-0.2, -0.15) is 0 Å². The van der Waals surface area contributed by atoms with Crippen molar-refractivity contribution in [1.29, 1.82) is 0 Å². The molecule has 0 saturated carbocycles. The average molecular weight is 261 g/mol. The lowest BCUT2D eigenvalue weighted by Crippen LogP contribution is -2.47. The van der Waals surface area contributed by atoms with Crippen LogP contribution >= 0.6 is 0 Å². The van der Waals surface area contributed by atoms with Crippen LogP contribution in [0.15, 0.2) is 42.5 Å². The summed E-state index contributed by atoms with van der Waals surface area (Å²) in [6.45, 7) is 0.892. The maximum atomic E-state index is 13.4. The lowest BCUT2D eigenvalue weighted by Gasteiger charge is -2.42. The van der Waals surface area contributed by atoms with Gasteiger partial charge in [-0.25, -0.2) is 8.78 Å². The van der Waals surface area contributed by atoms with Crippen LogP contribution in [-0.2, 0) is 10.2 Å². The summed E-state index contributed by atoms with van der Waals surface area (Å²) in [6, 6.07) is 11.4. The highest BCUT2D eigenvalue weighted by molar-refractivity contribution is 5.49. The van der Waals surface area contributed by atoms with E-state index in [0.29, 0.717) is 24.5 Å². The molecule has 1 fully saturated rings. The third-order valence-electron chi connectivity index (χ3n) is 3.61. The third kappa shape index (κ3) is 1.88. The zero-order valence-corrected chi connectivity index (χ0v) is 10.2. The van der Waals surface area contributed by atoms with Gasteiger partial charge in [0.25, 0.3) is 0 Å². The summed E-state index contributed by atoms with van der Waals surface area (Å²) < 4.78 is 31.8. The van der Waals surface area contributed by atoms with Gasteiger partial charge in [0.2, 0.25) is 0 Å². The normalized spacial score (nSPS) is 16.9. The molecular weight excluding hydrogens is 248 g/mol. The van der Waals surface area contributed by atoms with Gasteiger partial charge < -0.3 is 10.5 Å². The first-order chi connectivity index (χ1) is 9.12. The number of anilines is 1. The predicted octanol–water partition coefficient (Wildman–Crippen LogP) is 2.86. The summed E-state index contributed by atoms with van der Waals surface area (Å²) in [5.41, 5.74) is 7.68. The van der Waals surface area contributed by atoms with Crippen molar-refractivity contribution in [2.24, 2.45) is 0 Å². The Balaban J connectivity index is 2.10. The maximum Gasteiger partial charge on any atom is 0.159 e. The van der Waals surface area contributed by atoms with E-state index < -0.39 is 17.0 Å². The first-order valence-electron chi connectivity index (χ1n) is 6.01. The number of nitrogen functional groups attached to an aromatic ring is 1. The molecule has 2 nitrogen and oxygen atoms in total. The van der Waals surface area contributed by atoms with Crippen LogP contribution in [-0.4, -0.2) is 13.2 Å². The summed E-state index contributed by atoms with van der Waals surface area (Å²) in [4.78, 5) is 0. The number of hydrogen-bond donors (Lipinski definition) is 1. The monoisotopic (exact) mass is 261 g/mol. The molecule has 4 heteroatoms. The lowest BCUT2D eigenvalue weighted by atomic mass is 9.73. The van der Waals surface area contributed by atoms with E-state index in [1.165, 1.54) is 6.07 Å². The molecule has 0 aliphatic carbocycles. The number of ether oxygens (including phenoxy) is 1. The van der Waals surface area contributed by atoms with E-state index in [0.717, 1.165) is 11.6 Å². The van der Waals surface area contributed by atoms with E-state index in [9.17, 15) is 8.78 Å². The maximum absolute atomic E-state index is 13.4. The number of hydrogen-bond acceptors (Lipinski definition) is 2. The van der Waals surface area contributed by atoms with E-state index >= 15 is 0 Å². The average Bonchev–Trinajstić information content (AvgIpc) is 2.32. The number of nitrogens with two attached hydrogens (primary N) is 1. The van der Waals surface area contributed by atoms with E-state index in [4.69, 9.17) is 10.5 Å². The summed E-state index contributed by atoms with van der Waals surface area (Å²) in [5, 5.41) is 0. The van der Waals surface area contributed by atoms with Gasteiger partial charge in [-0.1, -0.05) is 18.2 Å². The van der Waals surface area contributed by atoms with Crippen molar-refractivity contribution in [1.82, 2.24) is 0 Å². The fourth-order valence-corrected chi connectivity index (χ4v) is 2.44. The van der Waals surface area contributed by atoms with Crippen molar-refractivity contribution in [2.45, 2.75) is 5.41 Å². The van der Waals surface area contributed by atoms with Crippen molar-refractivity contribution in [2.75, 3.05) is 18.9 Å². The van der Waals surface area contributed by atoms with Crippen LogP contribution in [0, 0.1) is 11.6 Å². The second kappa shape index (κ2) is 4.31. The number of halogens is 2.